The maximum atomic E-state index is 12.0. The Hall–Kier alpha value is -1.67. The third kappa shape index (κ3) is 4.18. The molecule has 106 valence electrons. The summed E-state index contributed by atoms with van der Waals surface area (Å²) in [6.45, 7) is 2.33. The van der Waals surface area contributed by atoms with Crippen LogP contribution in [0, 0.1) is 0 Å². The molecule has 1 rings (SSSR count). The molecular formula is C11H17N3O4S. The average molecular weight is 287 g/mol. The number of pyridine rings is 1. The summed E-state index contributed by atoms with van der Waals surface area (Å²) in [5.74, 6) is -1.21. The average Bonchev–Trinajstić information content (AvgIpc) is 2.35. The van der Waals surface area contributed by atoms with Crippen molar-refractivity contribution < 1.29 is 18.3 Å². The van der Waals surface area contributed by atoms with E-state index in [1.54, 1.807) is 0 Å². The van der Waals surface area contributed by atoms with Crippen molar-refractivity contribution in [3.05, 3.63) is 24.0 Å². The van der Waals surface area contributed by atoms with E-state index in [1.165, 1.54) is 25.5 Å². The van der Waals surface area contributed by atoms with E-state index >= 15 is 0 Å². The summed E-state index contributed by atoms with van der Waals surface area (Å²) in [5.41, 5.74) is -0.180. The van der Waals surface area contributed by atoms with Crippen LogP contribution in [0.1, 0.15) is 30.1 Å². The molecule has 0 fully saturated rings. The number of unbranched alkanes of at least 4 members (excludes halogenated alkanes) is 1. The van der Waals surface area contributed by atoms with Gasteiger partial charge in [-0.15, -0.1) is 0 Å². The van der Waals surface area contributed by atoms with Gasteiger partial charge in [-0.05, 0) is 12.5 Å². The van der Waals surface area contributed by atoms with Crippen LogP contribution in [0.2, 0.25) is 0 Å². The molecule has 19 heavy (non-hydrogen) atoms. The first-order chi connectivity index (χ1) is 8.88. The van der Waals surface area contributed by atoms with E-state index in [4.69, 9.17) is 5.11 Å². The predicted octanol–water partition coefficient (Wildman–Crippen LogP) is 1.17. The summed E-state index contributed by atoms with van der Waals surface area (Å²) in [6.07, 6.45) is 4.07. The van der Waals surface area contributed by atoms with E-state index in [1.807, 2.05) is 6.92 Å². The smallest absolute Gasteiger partial charge is 0.337 e. The lowest BCUT2D eigenvalue weighted by Gasteiger charge is -2.18. The molecule has 0 radical (unpaired) electrons. The second-order valence-corrected chi connectivity index (χ2v) is 5.79. The molecule has 0 aliphatic carbocycles. The highest BCUT2D eigenvalue weighted by Gasteiger charge is 2.20. The van der Waals surface area contributed by atoms with Crippen molar-refractivity contribution in [2.75, 3.05) is 18.3 Å². The number of nitrogens with zero attached hydrogens (tertiary/aromatic N) is 2. The number of hydrogen-bond donors (Lipinski definition) is 2. The largest absolute Gasteiger partial charge is 0.478 e. The summed E-state index contributed by atoms with van der Waals surface area (Å²) in [5, 5.41) is 8.97. The van der Waals surface area contributed by atoms with Crippen molar-refractivity contribution >= 4 is 21.9 Å². The van der Waals surface area contributed by atoms with Crippen LogP contribution in [0.15, 0.2) is 18.5 Å². The SMILES string of the molecule is CCCCN(C)S(=O)(=O)Nc1cnccc1C(=O)O. The first-order valence-electron chi connectivity index (χ1n) is 5.80. The molecule has 0 bridgehead atoms. The van der Waals surface area contributed by atoms with Gasteiger partial charge in [-0.3, -0.25) is 9.71 Å². The number of aromatic carboxylic acids is 1. The third-order valence-corrected chi connectivity index (χ3v) is 4.01. The Morgan fingerprint density at radius 1 is 1.53 bits per heavy atom. The van der Waals surface area contributed by atoms with Crippen LogP contribution in [0.4, 0.5) is 5.69 Å². The van der Waals surface area contributed by atoms with E-state index in [0.29, 0.717) is 6.54 Å². The zero-order chi connectivity index (χ0) is 14.5. The molecule has 2 N–H and O–H groups in total. The predicted molar refractivity (Wildman–Crippen MR) is 71.3 cm³/mol. The normalized spacial score (nSPS) is 11.5. The lowest BCUT2D eigenvalue weighted by atomic mass is 10.2. The molecule has 8 heteroatoms. The van der Waals surface area contributed by atoms with Crippen molar-refractivity contribution in [3.63, 3.8) is 0 Å². The zero-order valence-corrected chi connectivity index (χ0v) is 11.6. The second-order valence-electron chi connectivity index (χ2n) is 4.01. The Balaban J connectivity index is 2.92. The number of carboxylic acid groups (broad SMARTS) is 1. The Morgan fingerprint density at radius 2 is 2.21 bits per heavy atom. The molecule has 0 aliphatic heterocycles. The van der Waals surface area contributed by atoms with Gasteiger partial charge in [-0.1, -0.05) is 13.3 Å². The van der Waals surface area contributed by atoms with Crippen LogP contribution < -0.4 is 4.72 Å². The van der Waals surface area contributed by atoms with E-state index in [-0.39, 0.29) is 11.3 Å². The van der Waals surface area contributed by atoms with Gasteiger partial charge in [-0.25, -0.2) is 4.79 Å². The van der Waals surface area contributed by atoms with Crippen molar-refractivity contribution in [1.82, 2.24) is 9.29 Å². The molecule has 0 saturated carbocycles. The Labute approximate surface area is 112 Å². The summed E-state index contributed by atoms with van der Waals surface area (Å²) in [6, 6.07) is 1.24. The third-order valence-electron chi connectivity index (χ3n) is 2.53. The van der Waals surface area contributed by atoms with Gasteiger partial charge in [0.25, 0.3) is 0 Å². The van der Waals surface area contributed by atoms with Gasteiger partial charge in [0.15, 0.2) is 0 Å². The fourth-order valence-corrected chi connectivity index (χ4v) is 2.35. The maximum Gasteiger partial charge on any atom is 0.337 e. The molecule has 0 saturated heterocycles. The number of anilines is 1. The minimum atomic E-state index is -3.76. The molecule has 0 aromatic carbocycles. The van der Waals surface area contributed by atoms with Crippen molar-refractivity contribution in [2.24, 2.45) is 0 Å². The van der Waals surface area contributed by atoms with Gasteiger partial charge in [0, 0.05) is 19.8 Å². The van der Waals surface area contributed by atoms with Crippen LogP contribution in [0.25, 0.3) is 0 Å². The Bertz CT molecular complexity index is 545. The molecule has 0 amide bonds. The molecule has 0 aliphatic rings. The van der Waals surface area contributed by atoms with E-state index < -0.39 is 16.2 Å². The molecule has 0 spiro atoms. The minimum absolute atomic E-state index is 0.0432. The van der Waals surface area contributed by atoms with E-state index in [2.05, 4.69) is 9.71 Å². The molecule has 1 heterocycles. The first kappa shape index (κ1) is 15.4. The van der Waals surface area contributed by atoms with Crippen LogP contribution in [-0.2, 0) is 10.2 Å². The number of carbonyl (C=O) groups is 1. The highest BCUT2D eigenvalue weighted by Crippen LogP contribution is 2.16. The topological polar surface area (TPSA) is 99.6 Å². The standard InChI is InChI=1S/C11H17N3O4S/c1-3-4-7-14(2)19(17,18)13-10-8-12-6-5-9(10)11(15)16/h5-6,8,13H,3-4,7H2,1-2H3,(H,15,16). The van der Waals surface area contributed by atoms with E-state index in [9.17, 15) is 13.2 Å². The summed E-state index contributed by atoms with van der Waals surface area (Å²) in [4.78, 5) is 14.7. The summed E-state index contributed by atoms with van der Waals surface area (Å²) >= 11 is 0. The fraction of sp³-hybridized carbons (Fsp3) is 0.455. The minimum Gasteiger partial charge on any atom is -0.478 e. The van der Waals surface area contributed by atoms with Crippen LogP contribution >= 0.6 is 0 Å². The maximum absolute atomic E-state index is 12.0. The molecular weight excluding hydrogens is 270 g/mol. The van der Waals surface area contributed by atoms with Crippen LogP contribution in [0.5, 0.6) is 0 Å². The van der Waals surface area contributed by atoms with Gasteiger partial charge < -0.3 is 5.11 Å². The highest BCUT2D eigenvalue weighted by atomic mass is 32.2. The molecule has 1 aromatic rings. The number of carboxylic acids is 1. The number of nitrogens with one attached hydrogen (secondary N) is 1. The van der Waals surface area contributed by atoms with Crippen molar-refractivity contribution in [2.45, 2.75) is 19.8 Å². The zero-order valence-electron chi connectivity index (χ0n) is 10.8. The Morgan fingerprint density at radius 3 is 2.79 bits per heavy atom. The van der Waals surface area contributed by atoms with Gasteiger partial charge in [0.05, 0.1) is 17.4 Å². The molecule has 0 atom stereocenters. The number of hydrogen-bond acceptors (Lipinski definition) is 4. The van der Waals surface area contributed by atoms with Gasteiger partial charge in [0.2, 0.25) is 0 Å². The second kappa shape index (κ2) is 6.48. The summed E-state index contributed by atoms with van der Waals surface area (Å²) in [7, 11) is -2.32. The fourth-order valence-electron chi connectivity index (χ4n) is 1.38. The number of rotatable bonds is 7. The molecule has 7 nitrogen and oxygen atoms in total. The van der Waals surface area contributed by atoms with Crippen LogP contribution in [-0.4, -0.2) is 42.4 Å². The van der Waals surface area contributed by atoms with Crippen molar-refractivity contribution in [1.29, 1.82) is 0 Å². The van der Waals surface area contributed by atoms with Gasteiger partial charge in [0.1, 0.15) is 0 Å². The van der Waals surface area contributed by atoms with E-state index in [0.717, 1.165) is 17.1 Å². The highest BCUT2D eigenvalue weighted by molar-refractivity contribution is 7.90. The van der Waals surface area contributed by atoms with Gasteiger partial charge >= 0.3 is 16.2 Å². The lowest BCUT2D eigenvalue weighted by Crippen LogP contribution is -2.33. The van der Waals surface area contributed by atoms with Crippen molar-refractivity contribution in [3.8, 4) is 0 Å². The summed E-state index contributed by atoms with van der Waals surface area (Å²) < 4.78 is 27.3. The van der Waals surface area contributed by atoms with Crippen LogP contribution in [0.3, 0.4) is 0 Å². The monoisotopic (exact) mass is 287 g/mol. The Kier molecular flexibility index (Phi) is 5.25. The molecule has 0 unspecified atom stereocenters. The first-order valence-corrected chi connectivity index (χ1v) is 7.24. The number of aromatic nitrogens is 1. The quantitative estimate of drug-likeness (QED) is 0.784. The molecule has 1 aromatic heterocycles. The van der Waals surface area contributed by atoms with Gasteiger partial charge in [-0.2, -0.15) is 12.7 Å². The lowest BCUT2D eigenvalue weighted by molar-refractivity contribution is 0.0698.